The Kier molecular flexibility index (Phi) is 7.88. The number of nitrogens with zero attached hydrogens (tertiary/aromatic N) is 2. The van der Waals surface area contributed by atoms with Crippen LogP contribution >= 0.6 is 11.6 Å². The van der Waals surface area contributed by atoms with E-state index in [0.717, 1.165) is 44.9 Å². The van der Waals surface area contributed by atoms with Crippen molar-refractivity contribution >= 4 is 23.2 Å². The van der Waals surface area contributed by atoms with Crippen molar-refractivity contribution in [2.75, 3.05) is 20.2 Å². The molecule has 2 heterocycles. The van der Waals surface area contributed by atoms with Gasteiger partial charge in [0.1, 0.15) is 0 Å². The molecule has 2 aliphatic heterocycles. The minimum atomic E-state index is -0.134. The number of halogens is 1. The molecule has 8 nitrogen and oxygen atoms in total. The first kappa shape index (κ1) is 23.4. The molecular formula is C22H39ClN6O2. The lowest BCUT2D eigenvalue weighted by molar-refractivity contribution is -0.121. The van der Waals surface area contributed by atoms with Crippen LogP contribution in [0.1, 0.15) is 58.3 Å². The highest BCUT2D eigenvalue weighted by atomic mass is 35.5. The Labute approximate surface area is 191 Å². The third kappa shape index (κ3) is 5.09. The maximum atomic E-state index is 12.7. The molecule has 5 unspecified atom stereocenters. The van der Waals surface area contributed by atoms with Crippen LogP contribution in [0, 0.1) is 11.8 Å². The SMILES string of the molecule is COC1CCC2C(C1)C(C1CCC(Cl)CC1)=N[C@@H](CC(=O)NCCN)C1NNC(C)N21. The van der Waals surface area contributed by atoms with Crippen LogP contribution in [0.5, 0.6) is 0 Å². The highest BCUT2D eigenvalue weighted by Gasteiger charge is 2.49. The molecule has 2 saturated carbocycles. The third-order valence-electron chi connectivity index (χ3n) is 7.69. The summed E-state index contributed by atoms with van der Waals surface area (Å²) in [6, 6.07) is 0.268. The van der Waals surface area contributed by atoms with Gasteiger partial charge >= 0.3 is 0 Å². The molecule has 5 N–H and O–H groups in total. The first-order valence-corrected chi connectivity index (χ1v) is 12.4. The lowest BCUT2D eigenvalue weighted by atomic mass is 9.72. The average molecular weight is 455 g/mol. The lowest BCUT2D eigenvalue weighted by Gasteiger charge is -2.44. The van der Waals surface area contributed by atoms with E-state index in [0.29, 0.717) is 37.4 Å². The third-order valence-corrected chi connectivity index (χ3v) is 8.12. The molecule has 0 aromatic heterocycles. The summed E-state index contributed by atoms with van der Waals surface area (Å²) in [6.45, 7) is 3.14. The normalized spacial score (nSPS) is 41.1. The molecular weight excluding hydrogens is 416 g/mol. The van der Waals surface area contributed by atoms with Crippen molar-refractivity contribution in [2.45, 2.75) is 94.2 Å². The van der Waals surface area contributed by atoms with Gasteiger partial charge in [-0.2, -0.15) is 0 Å². The quantitative estimate of drug-likeness (QED) is 0.451. The van der Waals surface area contributed by atoms with E-state index in [4.69, 9.17) is 27.1 Å². The number of alkyl halides is 1. The summed E-state index contributed by atoms with van der Waals surface area (Å²) in [6.07, 6.45) is 8.26. The smallest absolute Gasteiger partial charge is 0.222 e. The van der Waals surface area contributed by atoms with E-state index in [1.54, 1.807) is 0 Å². The molecule has 0 aromatic rings. The molecule has 0 radical (unpaired) electrons. The molecule has 4 aliphatic rings. The largest absolute Gasteiger partial charge is 0.381 e. The number of hydrogen-bond acceptors (Lipinski definition) is 7. The fraction of sp³-hybridized carbons (Fsp3) is 0.909. The van der Waals surface area contributed by atoms with Crippen molar-refractivity contribution in [3.05, 3.63) is 0 Å². The number of hydrazine groups is 1. The number of ether oxygens (including phenoxy) is 1. The van der Waals surface area contributed by atoms with Crippen molar-refractivity contribution in [2.24, 2.45) is 22.6 Å². The summed E-state index contributed by atoms with van der Waals surface area (Å²) in [5.41, 5.74) is 13.8. The van der Waals surface area contributed by atoms with Gasteiger partial charge in [0.15, 0.2) is 0 Å². The molecule has 6 atom stereocenters. The summed E-state index contributed by atoms with van der Waals surface area (Å²) < 4.78 is 5.81. The monoisotopic (exact) mass is 454 g/mol. The number of nitrogens with two attached hydrogens (primary N) is 1. The Hall–Kier alpha value is -0.770. The van der Waals surface area contributed by atoms with Crippen LogP contribution in [0.15, 0.2) is 4.99 Å². The standard InChI is InChI=1S/C22H39ClN6O2/c1-13-27-28-22-18(12-20(30)25-10-9-24)26-21(14-3-5-15(23)6-4-14)17-11-16(31-2)7-8-19(17)29(13)22/h13-19,22,27-28H,3-12,24H2,1-2H3,(H,25,30)/t13?,14?,15?,16?,17?,18-,19?,22?/m0/s1. The van der Waals surface area contributed by atoms with Gasteiger partial charge in [0, 0.05) is 43.2 Å². The minimum absolute atomic E-state index is 0.00656. The van der Waals surface area contributed by atoms with E-state index < -0.39 is 0 Å². The van der Waals surface area contributed by atoms with Gasteiger partial charge < -0.3 is 15.8 Å². The van der Waals surface area contributed by atoms with Crippen LogP contribution in [0.2, 0.25) is 0 Å². The molecule has 0 aromatic carbocycles. The Morgan fingerprint density at radius 1 is 1.26 bits per heavy atom. The number of carbonyl (C=O) groups excluding carboxylic acids is 1. The van der Waals surface area contributed by atoms with E-state index in [-0.39, 0.29) is 35.8 Å². The summed E-state index contributed by atoms with van der Waals surface area (Å²) >= 11 is 6.43. The van der Waals surface area contributed by atoms with Crippen molar-refractivity contribution in [1.82, 2.24) is 21.1 Å². The van der Waals surface area contributed by atoms with Crippen molar-refractivity contribution < 1.29 is 9.53 Å². The fourth-order valence-electron chi connectivity index (χ4n) is 6.13. The first-order valence-electron chi connectivity index (χ1n) is 12.0. The number of amides is 1. The van der Waals surface area contributed by atoms with Crippen LogP contribution in [0.4, 0.5) is 0 Å². The van der Waals surface area contributed by atoms with E-state index >= 15 is 0 Å². The van der Waals surface area contributed by atoms with Gasteiger partial charge in [-0.05, 0) is 57.8 Å². The fourth-order valence-corrected chi connectivity index (χ4v) is 6.39. The Balaban J connectivity index is 1.66. The number of carbonyl (C=O) groups is 1. The summed E-state index contributed by atoms with van der Waals surface area (Å²) in [5.74, 6) is 0.833. The van der Waals surface area contributed by atoms with Gasteiger partial charge in [-0.1, -0.05) is 0 Å². The predicted molar refractivity (Wildman–Crippen MR) is 123 cm³/mol. The molecule has 1 amide bonds. The number of rotatable bonds is 6. The Bertz CT molecular complexity index is 656. The van der Waals surface area contributed by atoms with Crippen LogP contribution in [0.25, 0.3) is 0 Å². The number of methoxy groups -OCH3 is 1. The second-order valence-electron chi connectivity index (χ2n) is 9.61. The van der Waals surface area contributed by atoms with Crippen LogP contribution in [-0.2, 0) is 9.53 Å². The maximum Gasteiger partial charge on any atom is 0.222 e. The highest BCUT2D eigenvalue weighted by Crippen LogP contribution is 2.41. The molecule has 1 saturated heterocycles. The van der Waals surface area contributed by atoms with Crippen molar-refractivity contribution in [3.63, 3.8) is 0 Å². The molecule has 176 valence electrons. The maximum absolute atomic E-state index is 12.7. The van der Waals surface area contributed by atoms with E-state index in [9.17, 15) is 4.79 Å². The van der Waals surface area contributed by atoms with Crippen molar-refractivity contribution in [1.29, 1.82) is 0 Å². The molecule has 4 rings (SSSR count). The van der Waals surface area contributed by atoms with E-state index in [1.807, 2.05) is 7.11 Å². The molecule has 2 aliphatic carbocycles. The van der Waals surface area contributed by atoms with Gasteiger partial charge in [-0.3, -0.25) is 14.7 Å². The summed E-state index contributed by atoms with van der Waals surface area (Å²) in [4.78, 5) is 20.6. The zero-order valence-corrected chi connectivity index (χ0v) is 19.6. The predicted octanol–water partition coefficient (Wildman–Crippen LogP) is 1.34. The van der Waals surface area contributed by atoms with Crippen LogP contribution in [-0.4, -0.2) is 72.6 Å². The minimum Gasteiger partial charge on any atom is -0.381 e. The lowest BCUT2D eigenvalue weighted by Crippen LogP contribution is -2.55. The number of nitrogens with one attached hydrogen (secondary N) is 3. The molecule has 9 heteroatoms. The Morgan fingerprint density at radius 3 is 2.74 bits per heavy atom. The topological polar surface area (TPSA) is 104 Å². The second-order valence-corrected chi connectivity index (χ2v) is 10.2. The highest BCUT2D eigenvalue weighted by molar-refractivity contribution is 6.20. The van der Waals surface area contributed by atoms with Gasteiger partial charge in [-0.15, -0.1) is 11.6 Å². The molecule has 0 bridgehead atoms. The first-order chi connectivity index (χ1) is 15.0. The van der Waals surface area contributed by atoms with Crippen molar-refractivity contribution in [3.8, 4) is 0 Å². The molecule has 3 fully saturated rings. The molecule has 0 spiro atoms. The van der Waals surface area contributed by atoms with E-state index in [1.165, 1.54) is 5.71 Å². The average Bonchev–Trinajstić information content (AvgIpc) is 3.10. The number of hydrogen-bond donors (Lipinski definition) is 4. The zero-order valence-electron chi connectivity index (χ0n) is 18.9. The summed E-state index contributed by atoms with van der Waals surface area (Å²) in [5, 5.41) is 3.21. The van der Waals surface area contributed by atoms with E-state index in [2.05, 4.69) is 28.0 Å². The number of aliphatic imine (C=N–C) groups is 1. The van der Waals surface area contributed by atoms with Crippen LogP contribution < -0.4 is 21.9 Å². The zero-order chi connectivity index (χ0) is 22.0. The van der Waals surface area contributed by atoms with Crippen LogP contribution in [0.3, 0.4) is 0 Å². The van der Waals surface area contributed by atoms with Gasteiger partial charge in [0.2, 0.25) is 5.91 Å². The Morgan fingerprint density at radius 2 is 2.03 bits per heavy atom. The van der Waals surface area contributed by atoms with Gasteiger partial charge in [0.25, 0.3) is 0 Å². The van der Waals surface area contributed by atoms with Gasteiger partial charge in [0.05, 0.1) is 30.9 Å². The summed E-state index contributed by atoms with van der Waals surface area (Å²) in [7, 11) is 1.83. The number of fused-ring (bicyclic) bond motifs is 3. The van der Waals surface area contributed by atoms with Gasteiger partial charge in [-0.25, -0.2) is 10.9 Å². The second kappa shape index (κ2) is 10.4. The molecule has 31 heavy (non-hydrogen) atoms.